The molecule has 0 unspecified atom stereocenters. The molecule has 0 atom stereocenters. The van der Waals surface area contributed by atoms with Crippen molar-refractivity contribution in [3.05, 3.63) is 78.5 Å². The van der Waals surface area contributed by atoms with Gasteiger partial charge in [-0.05, 0) is 49.4 Å². The number of rotatable bonds is 5. The van der Waals surface area contributed by atoms with Crippen molar-refractivity contribution in [3.63, 3.8) is 0 Å². The second-order valence-corrected chi connectivity index (χ2v) is 7.68. The van der Waals surface area contributed by atoms with E-state index in [1.807, 2.05) is 41.9 Å². The van der Waals surface area contributed by atoms with Crippen LogP contribution >= 0.6 is 0 Å². The second-order valence-electron chi connectivity index (χ2n) is 7.68. The summed E-state index contributed by atoms with van der Waals surface area (Å²) >= 11 is 0. The summed E-state index contributed by atoms with van der Waals surface area (Å²) in [5.74, 6) is 1.04. The molecule has 1 fully saturated rings. The third kappa shape index (κ3) is 4.58. The van der Waals surface area contributed by atoms with Crippen molar-refractivity contribution in [2.75, 3.05) is 36.5 Å². The van der Waals surface area contributed by atoms with Crippen LogP contribution in [-0.4, -0.2) is 56.9 Å². The lowest BCUT2D eigenvalue weighted by molar-refractivity contribution is 0.102. The van der Waals surface area contributed by atoms with Crippen LogP contribution in [0.1, 0.15) is 16.1 Å². The van der Waals surface area contributed by atoms with Gasteiger partial charge < -0.3 is 15.0 Å². The van der Waals surface area contributed by atoms with Crippen molar-refractivity contribution in [1.82, 2.24) is 24.7 Å². The van der Waals surface area contributed by atoms with E-state index in [4.69, 9.17) is 4.74 Å². The van der Waals surface area contributed by atoms with Crippen LogP contribution in [0, 0.1) is 6.92 Å². The van der Waals surface area contributed by atoms with Gasteiger partial charge in [-0.3, -0.25) is 9.78 Å². The van der Waals surface area contributed by atoms with Crippen LogP contribution in [0.15, 0.2) is 67.3 Å². The molecule has 1 aliphatic heterocycles. The number of carbonyl (C=O) groups excluding carboxylic acids is 1. The molecule has 0 aliphatic carbocycles. The average molecular weight is 441 g/mol. The molecule has 9 nitrogen and oxygen atoms in total. The van der Waals surface area contributed by atoms with Gasteiger partial charge in [-0.15, -0.1) is 0 Å². The van der Waals surface area contributed by atoms with Crippen LogP contribution in [0.4, 0.5) is 11.6 Å². The second kappa shape index (κ2) is 9.17. The molecule has 0 spiro atoms. The molecule has 0 radical (unpaired) electrons. The van der Waals surface area contributed by atoms with Crippen LogP contribution < -0.4 is 10.2 Å². The predicted molar refractivity (Wildman–Crippen MR) is 125 cm³/mol. The molecule has 33 heavy (non-hydrogen) atoms. The van der Waals surface area contributed by atoms with Crippen LogP contribution in [0.3, 0.4) is 0 Å². The Morgan fingerprint density at radius 2 is 1.91 bits per heavy atom. The van der Waals surface area contributed by atoms with E-state index >= 15 is 0 Å². The lowest BCUT2D eigenvalue weighted by Crippen LogP contribution is -2.36. The first-order chi connectivity index (χ1) is 16.2. The minimum Gasteiger partial charge on any atom is -0.378 e. The van der Waals surface area contributed by atoms with Crippen molar-refractivity contribution >= 4 is 17.5 Å². The fraction of sp³-hybridized carbons (Fsp3) is 0.208. The number of hydrogen-bond donors (Lipinski definition) is 1. The quantitative estimate of drug-likeness (QED) is 0.508. The van der Waals surface area contributed by atoms with E-state index in [0.29, 0.717) is 24.6 Å². The topological polar surface area (TPSA) is 98.1 Å². The SMILES string of the molecule is Cc1cc(-c2cccnc2)nn1-c1ccc(NC(=O)c2ccc(N3CCOCC3)nc2)nc1. The van der Waals surface area contributed by atoms with E-state index in [0.717, 1.165) is 41.5 Å². The first-order valence-corrected chi connectivity index (χ1v) is 10.7. The normalized spacial score (nSPS) is 13.7. The zero-order valence-corrected chi connectivity index (χ0v) is 18.2. The van der Waals surface area contributed by atoms with Gasteiger partial charge in [0.15, 0.2) is 0 Å². The Kier molecular flexibility index (Phi) is 5.77. The van der Waals surface area contributed by atoms with Crippen molar-refractivity contribution in [1.29, 1.82) is 0 Å². The summed E-state index contributed by atoms with van der Waals surface area (Å²) in [5.41, 5.74) is 4.04. The fourth-order valence-corrected chi connectivity index (χ4v) is 3.66. The van der Waals surface area contributed by atoms with E-state index in [9.17, 15) is 4.79 Å². The molecule has 4 aromatic heterocycles. The molecule has 4 aromatic rings. The fourth-order valence-electron chi connectivity index (χ4n) is 3.66. The molecule has 5 heterocycles. The molecular formula is C24H23N7O2. The van der Waals surface area contributed by atoms with Gasteiger partial charge in [-0.1, -0.05) is 0 Å². The van der Waals surface area contributed by atoms with Gasteiger partial charge in [0.05, 0.1) is 36.4 Å². The molecule has 1 aliphatic rings. The Bertz CT molecular complexity index is 1230. The molecule has 9 heteroatoms. The Balaban J connectivity index is 1.26. The summed E-state index contributed by atoms with van der Waals surface area (Å²) in [5, 5.41) is 7.48. The van der Waals surface area contributed by atoms with E-state index < -0.39 is 0 Å². The van der Waals surface area contributed by atoms with Gasteiger partial charge in [0.2, 0.25) is 0 Å². The van der Waals surface area contributed by atoms with E-state index in [1.165, 1.54) is 0 Å². The number of nitrogens with zero attached hydrogens (tertiary/aromatic N) is 6. The maximum Gasteiger partial charge on any atom is 0.258 e. The van der Waals surface area contributed by atoms with Crippen molar-refractivity contribution < 1.29 is 9.53 Å². The minimum absolute atomic E-state index is 0.259. The van der Waals surface area contributed by atoms with Gasteiger partial charge in [0, 0.05) is 42.9 Å². The first kappa shape index (κ1) is 20.8. The number of morpholine rings is 1. The van der Waals surface area contributed by atoms with Crippen molar-refractivity contribution in [2.24, 2.45) is 0 Å². The number of nitrogens with one attached hydrogen (secondary N) is 1. The van der Waals surface area contributed by atoms with Crippen LogP contribution in [-0.2, 0) is 4.74 Å². The third-order valence-electron chi connectivity index (χ3n) is 5.42. The molecule has 0 saturated carbocycles. The highest BCUT2D eigenvalue weighted by Crippen LogP contribution is 2.21. The molecule has 0 aromatic carbocycles. The molecule has 1 saturated heterocycles. The molecule has 0 bridgehead atoms. The highest BCUT2D eigenvalue weighted by atomic mass is 16.5. The lowest BCUT2D eigenvalue weighted by atomic mass is 10.2. The largest absolute Gasteiger partial charge is 0.378 e. The number of aryl methyl sites for hydroxylation is 1. The van der Waals surface area contributed by atoms with E-state index in [1.54, 1.807) is 36.9 Å². The average Bonchev–Trinajstić information content (AvgIpc) is 3.27. The van der Waals surface area contributed by atoms with Crippen LogP contribution in [0.5, 0.6) is 0 Å². The van der Waals surface area contributed by atoms with Crippen LogP contribution in [0.25, 0.3) is 16.9 Å². The highest BCUT2D eigenvalue weighted by Gasteiger charge is 2.14. The molecule has 166 valence electrons. The molecule has 5 rings (SSSR count). The summed E-state index contributed by atoms with van der Waals surface area (Å²) in [6.07, 6.45) is 6.79. The van der Waals surface area contributed by atoms with Gasteiger partial charge >= 0.3 is 0 Å². The number of pyridine rings is 3. The maximum absolute atomic E-state index is 12.6. The third-order valence-corrected chi connectivity index (χ3v) is 5.42. The monoisotopic (exact) mass is 441 g/mol. The smallest absolute Gasteiger partial charge is 0.258 e. The number of ether oxygens (including phenoxy) is 1. The summed E-state index contributed by atoms with van der Waals surface area (Å²) < 4.78 is 7.18. The Hall–Kier alpha value is -4.11. The van der Waals surface area contributed by atoms with Crippen LogP contribution in [0.2, 0.25) is 0 Å². The maximum atomic E-state index is 12.6. The number of carbonyl (C=O) groups is 1. The van der Waals surface area contributed by atoms with Gasteiger partial charge in [-0.25, -0.2) is 14.6 Å². The van der Waals surface area contributed by atoms with E-state index in [2.05, 4.69) is 30.3 Å². The Morgan fingerprint density at radius 1 is 1.03 bits per heavy atom. The standard InChI is InChI=1S/C24H23N7O2/c1-17-13-21(18-3-2-8-25-14-18)29-31(17)20-5-6-22(26-16-20)28-24(32)19-4-7-23(27-15-19)30-9-11-33-12-10-30/h2-8,13-16H,9-12H2,1H3,(H,26,28,32). The number of anilines is 2. The van der Waals surface area contributed by atoms with Gasteiger partial charge in [0.25, 0.3) is 5.91 Å². The Morgan fingerprint density at radius 3 is 2.61 bits per heavy atom. The lowest BCUT2D eigenvalue weighted by Gasteiger charge is -2.27. The minimum atomic E-state index is -0.259. The summed E-state index contributed by atoms with van der Waals surface area (Å²) in [7, 11) is 0. The molecule has 1 amide bonds. The van der Waals surface area contributed by atoms with Gasteiger partial charge in [-0.2, -0.15) is 5.10 Å². The number of hydrogen-bond acceptors (Lipinski definition) is 7. The zero-order valence-electron chi connectivity index (χ0n) is 18.2. The summed E-state index contributed by atoms with van der Waals surface area (Å²) in [6.45, 7) is 4.96. The highest BCUT2D eigenvalue weighted by molar-refractivity contribution is 6.03. The number of aromatic nitrogens is 5. The Labute approximate surface area is 191 Å². The number of amides is 1. The summed E-state index contributed by atoms with van der Waals surface area (Å²) in [6, 6.07) is 13.1. The predicted octanol–water partition coefficient (Wildman–Crippen LogP) is 3.12. The first-order valence-electron chi connectivity index (χ1n) is 10.7. The zero-order chi connectivity index (χ0) is 22.6. The van der Waals surface area contributed by atoms with E-state index in [-0.39, 0.29) is 5.91 Å². The molecule has 1 N–H and O–H groups in total. The van der Waals surface area contributed by atoms with Crippen molar-refractivity contribution in [3.8, 4) is 16.9 Å². The van der Waals surface area contributed by atoms with Crippen molar-refractivity contribution in [2.45, 2.75) is 6.92 Å². The van der Waals surface area contributed by atoms with Gasteiger partial charge in [0.1, 0.15) is 11.6 Å². The summed E-state index contributed by atoms with van der Waals surface area (Å²) in [4.78, 5) is 27.7. The molecular weight excluding hydrogens is 418 g/mol.